The third-order valence-corrected chi connectivity index (χ3v) is 6.04. The Morgan fingerprint density at radius 1 is 1.23 bits per heavy atom. The number of carbonyl (C=O) groups is 2. The third-order valence-electron chi connectivity index (χ3n) is 5.73. The van der Waals surface area contributed by atoms with E-state index in [4.69, 9.17) is 30.7 Å². The molecule has 2 aliphatic heterocycles. The van der Waals surface area contributed by atoms with Crippen molar-refractivity contribution in [2.75, 3.05) is 33.6 Å². The highest BCUT2D eigenvalue weighted by Crippen LogP contribution is 2.48. The summed E-state index contributed by atoms with van der Waals surface area (Å²) in [5.41, 5.74) is 1.28. The summed E-state index contributed by atoms with van der Waals surface area (Å²) < 4.78 is 10.6. The maximum atomic E-state index is 13.5. The van der Waals surface area contributed by atoms with Gasteiger partial charge in [0.1, 0.15) is 5.54 Å². The van der Waals surface area contributed by atoms with Crippen LogP contribution in [0.1, 0.15) is 36.5 Å². The maximum absolute atomic E-state index is 13.5. The number of hydrogen-bond acceptors (Lipinski definition) is 8. The lowest BCUT2D eigenvalue weighted by Crippen LogP contribution is -2.55. The average molecular weight is 455 g/mol. The van der Waals surface area contributed by atoms with E-state index in [1.54, 1.807) is 31.2 Å². The zero-order valence-corrected chi connectivity index (χ0v) is 18.8. The molecule has 1 aromatic rings. The first-order valence-electron chi connectivity index (χ1n) is 10.0. The van der Waals surface area contributed by atoms with E-state index in [1.165, 1.54) is 0 Å². The average Bonchev–Trinajstić information content (AvgIpc) is 2.94. The lowest BCUT2D eigenvalue weighted by atomic mass is 9.85. The fourth-order valence-electron chi connectivity index (χ4n) is 4.01. The van der Waals surface area contributed by atoms with E-state index in [-0.39, 0.29) is 17.9 Å². The van der Waals surface area contributed by atoms with Gasteiger partial charge in [-0.1, -0.05) is 11.6 Å². The standard InChI is InChI=1S/C21H27ClN2O7/c1-5-29-20(27)31-18-17(15-10-13(2)14(3)11-16(15)22)19(26)24(30-12-25)21(18)6-8-23(28-4)9-7-21/h10-11,25H,5-9,12H2,1-4H3. The molecule has 0 saturated carbocycles. The number of ether oxygens (including phenoxy) is 2. The van der Waals surface area contributed by atoms with Crippen LogP contribution in [-0.2, 0) is 23.9 Å². The topological polar surface area (TPSA) is 97.8 Å². The van der Waals surface area contributed by atoms with Crippen molar-refractivity contribution in [2.24, 2.45) is 0 Å². The highest BCUT2D eigenvalue weighted by molar-refractivity contribution is 6.35. The van der Waals surface area contributed by atoms with Crippen molar-refractivity contribution >= 4 is 29.2 Å². The predicted octanol–water partition coefficient (Wildman–Crippen LogP) is 2.96. The Bertz CT molecular complexity index is 894. The summed E-state index contributed by atoms with van der Waals surface area (Å²) in [4.78, 5) is 36.5. The molecule has 1 aromatic carbocycles. The molecular weight excluding hydrogens is 428 g/mol. The van der Waals surface area contributed by atoms with Gasteiger partial charge in [-0.25, -0.2) is 14.7 Å². The van der Waals surface area contributed by atoms with Crippen LogP contribution in [0.5, 0.6) is 0 Å². The van der Waals surface area contributed by atoms with Gasteiger partial charge in [-0.3, -0.25) is 4.79 Å². The molecule has 0 radical (unpaired) electrons. The number of hydrogen-bond donors (Lipinski definition) is 1. The summed E-state index contributed by atoms with van der Waals surface area (Å²) in [5, 5.41) is 12.6. The molecule has 9 nitrogen and oxygen atoms in total. The van der Waals surface area contributed by atoms with Gasteiger partial charge in [0, 0.05) is 23.7 Å². The number of halogens is 1. The van der Waals surface area contributed by atoms with Crippen LogP contribution in [-0.4, -0.2) is 66.4 Å². The quantitative estimate of drug-likeness (QED) is 0.517. The molecule has 1 saturated heterocycles. The minimum atomic E-state index is -1.13. The first-order chi connectivity index (χ1) is 14.8. The third kappa shape index (κ3) is 4.28. The smallest absolute Gasteiger partial charge is 0.434 e. The zero-order valence-electron chi connectivity index (χ0n) is 18.1. The second-order valence-corrected chi connectivity index (χ2v) is 7.81. The molecule has 0 atom stereocenters. The minimum absolute atomic E-state index is 0.102. The molecule has 0 aromatic heterocycles. The van der Waals surface area contributed by atoms with Gasteiger partial charge in [0.05, 0.1) is 19.3 Å². The Hall–Kier alpha value is -2.17. The summed E-state index contributed by atoms with van der Waals surface area (Å²) in [5.74, 6) is -0.449. The molecule has 1 spiro atoms. The molecule has 1 fully saturated rings. The molecule has 2 heterocycles. The molecule has 170 valence electrons. The predicted molar refractivity (Wildman–Crippen MR) is 112 cm³/mol. The minimum Gasteiger partial charge on any atom is -0.434 e. The van der Waals surface area contributed by atoms with E-state index >= 15 is 0 Å². The second-order valence-electron chi connectivity index (χ2n) is 7.41. The van der Waals surface area contributed by atoms with E-state index in [9.17, 15) is 14.7 Å². The van der Waals surface area contributed by atoms with Gasteiger partial charge in [0.15, 0.2) is 12.6 Å². The summed E-state index contributed by atoms with van der Waals surface area (Å²) in [6, 6.07) is 3.53. The highest BCUT2D eigenvalue weighted by Gasteiger charge is 2.57. The lowest BCUT2D eigenvalue weighted by Gasteiger charge is -2.43. The molecule has 2 aliphatic rings. The summed E-state index contributed by atoms with van der Waals surface area (Å²) in [6.07, 6.45) is -0.247. The summed E-state index contributed by atoms with van der Waals surface area (Å²) in [7, 11) is 1.56. The maximum Gasteiger partial charge on any atom is 0.513 e. The number of benzene rings is 1. The summed E-state index contributed by atoms with van der Waals surface area (Å²) >= 11 is 6.51. The fraction of sp³-hybridized carbons (Fsp3) is 0.524. The SMILES string of the molecule is CCOC(=O)OC1=C(c2cc(C)c(C)cc2Cl)C(=O)N(OCO)C12CCN(OC)CC2. The Labute approximate surface area is 186 Å². The van der Waals surface area contributed by atoms with E-state index in [1.807, 2.05) is 13.8 Å². The number of hydroxylamine groups is 4. The number of rotatable bonds is 6. The van der Waals surface area contributed by atoms with E-state index in [0.29, 0.717) is 36.5 Å². The monoisotopic (exact) mass is 454 g/mol. The molecule has 0 unspecified atom stereocenters. The molecule has 31 heavy (non-hydrogen) atoms. The number of aliphatic hydroxyl groups excluding tert-OH is 1. The number of piperidine rings is 1. The van der Waals surface area contributed by atoms with Gasteiger partial charge in [-0.2, -0.15) is 5.06 Å². The molecule has 0 bridgehead atoms. The molecule has 3 rings (SSSR count). The Kier molecular flexibility index (Phi) is 7.23. The van der Waals surface area contributed by atoms with Crippen LogP contribution >= 0.6 is 11.6 Å². The van der Waals surface area contributed by atoms with Crippen molar-refractivity contribution in [3.05, 3.63) is 39.6 Å². The van der Waals surface area contributed by atoms with Crippen LogP contribution in [0.25, 0.3) is 5.57 Å². The van der Waals surface area contributed by atoms with Crippen LogP contribution in [0.4, 0.5) is 4.79 Å². The largest absolute Gasteiger partial charge is 0.513 e. The van der Waals surface area contributed by atoms with Crippen molar-refractivity contribution in [2.45, 2.75) is 39.2 Å². The molecule has 1 N–H and O–H groups in total. The fourth-order valence-corrected chi connectivity index (χ4v) is 4.33. The van der Waals surface area contributed by atoms with Crippen LogP contribution in [0.3, 0.4) is 0 Å². The molecule has 10 heteroatoms. The first kappa shape index (κ1) is 23.5. The Morgan fingerprint density at radius 3 is 2.45 bits per heavy atom. The van der Waals surface area contributed by atoms with Gasteiger partial charge < -0.3 is 19.4 Å². The van der Waals surface area contributed by atoms with Crippen LogP contribution in [0.2, 0.25) is 5.02 Å². The van der Waals surface area contributed by atoms with E-state index < -0.39 is 24.4 Å². The highest BCUT2D eigenvalue weighted by atomic mass is 35.5. The van der Waals surface area contributed by atoms with Crippen LogP contribution in [0.15, 0.2) is 17.9 Å². The number of amides is 1. The lowest BCUT2D eigenvalue weighted by molar-refractivity contribution is -0.256. The van der Waals surface area contributed by atoms with Gasteiger partial charge in [-0.05, 0) is 56.9 Å². The number of aliphatic hydroxyl groups is 1. The van der Waals surface area contributed by atoms with Gasteiger partial charge >= 0.3 is 6.16 Å². The van der Waals surface area contributed by atoms with Crippen molar-refractivity contribution in [3.63, 3.8) is 0 Å². The van der Waals surface area contributed by atoms with Crippen molar-refractivity contribution in [1.82, 2.24) is 10.1 Å². The van der Waals surface area contributed by atoms with Crippen molar-refractivity contribution < 1.29 is 33.8 Å². The zero-order chi connectivity index (χ0) is 22.8. The van der Waals surface area contributed by atoms with Crippen LogP contribution in [0, 0.1) is 13.8 Å². The van der Waals surface area contributed by atoms with E-state index in [0.717, 1.165) is 16.2 Å². The first-order valence-corrected chi connectivity index (χ1v) is 10.4. The van der Waals surface area contributed by atoms with E-state index in [2.05, 4.69) is 0 Å². The number of nitrogens with zero attached hydrogens (tertiary/aromatic N) is 2. The van der Waals surface area contributed by atoms with Gasteiger partial charge in [0.25, 0.3) is 5.91 Å². The number of aryl methyl sites for hydroxylation is 2. The summed E-state index contributed by atoms with van der Waals surface area (Å²) in [6.45, 7) is 5.75. The van der Waals surface area contributed by atoms with Crippen LogP contribution < -0.4 is 0 Å². The van der Waals surface area contributed by atoms with Crippen molar-refractivity contribution in [3.8, 4) is 0 Å². The second kappa shape index (κ2) is 9.54. The normalized spacial score (nSPS) is 18.8. The van der Waals surface area contributed by atoms with Gasteiger partial charge in [-0.15, -0.1) is 0 Å². The van der Waals surface area contributed by atoms with Gasteiger partial charge in [0.2, 0.25) is 0 Å². The Balaban J connectivity index is 2.20. The molecule has 0 aliphatic carbocycles. The molecule has 1 amide bonds. The van der Waals surface area contributed by atoms with Crippen molar-refractivity contribution in [1.29, 1.82) is 0 Å². The number of carbonyl (C=O) groups excluding carboxylic acids is 2. The molecular formula is C21H27ClN2O7. The Morgan fingerprint density at radius 2 is 1.87 bits per heavy atom.